The molecule has 0 spiro atoms. The van der Waals surface area contributed by atoms with E-state index in [1.54, 1.807) is 0 Å². The van der Waals surface area contributed by atoms with Crippen LogP contribution >= 0.6 is 28.6 Å². The van der Waals surface area contributed by atoms with Crippen LogP contribution in [0.5, 0.6) is 0 Å². The maximum Gasteiger partial charge on any atom is 0.0460 e. The second-order valence-corrected chi connectivity index (χ2v) is 8.81. The highest BCUT2D eigenvalue weighted by Crippen LogP contribution is 2.50. The zero-order valence-corrected chi connectivity index (χ0v) is 18.2. The van der Waals surface area contributed by atoms with E-state index in [9.17, 15) is 0 Å². The Hall–Kier alpha value is -1.77. The van der Waals surface area contributed by atoms with E-state index < -0.39 is 0 Å². The normalized spacial score (nSPS) is 17.9. The standard InChI is InChI=1S/C25H23BrS/c1-4-17-7-6-16(3)12-24(17)25(5-2)22-10-8-20(26)14-18(22)13-19-15-21(27)9-11-23(19)25/h4,6-12,14-15,27H,1,5,13H2,2-3H3. The molecule has 0 nitrogen and oxygen atoms in total. The molecule has 27 heavy (non-hydrogen) atoms. The number of fused-ring (bicyclic) bond motifs is 2. The van der Waals surface area contributed by atoms with E-state index in [1.807, 2.05) is 6.08 Å². The van der Waals surface area contributed by atoms with Gasteiger partial charge in [0.15, 0.2) is 0 Å². The molecule has 0 heterocycles. The summed E-state index contributed by atoms with van der Waals surface area (Å²) >= 11 is 8.28. The number of thiol groups is 1. The first kappa shape index (κ1) is 18.6. The van der Waals surface area contributed by atoms with E-state index in [0.29, 0.717) is 0 Å². The smallest absolute Gasteiger partial charge is 0.0460 e. The highest BCUT2D eigenvalue weighted by atomic mass is 79.9. The SMILES string of the molecule is C=Cc1ccc(C)cc1C1(CC)c2ccc(S)cc2Cc2cc(Br)ccc21. The largest absolute Gasteiger partial charge is 0.143 e. The van der Waals surface area contributed by atoms with Gasteiger partial charge in [-0.1, -0.05) is 71.4 Å². The second-order valence-electron chi connectivity index (χ2n) is 7.37. The van der Waals surface area contributed by atoms with E-state index in [-0.39, 0.29) is 5.41 Å². The van der Waals surface area contributed by atoms with Crippen molar-refractivity contribution in [1.82, 2.24) is 0 Å². The molecular formula is C25H23BrS. The lowest BCUT2D eigenvalue weighted by Gasteiger charge is -2.42. The molecule has 0 aromatic heterocycles. The van der Waals surface area contributed by atoms with Crippen molar-refractivity contribution in [1.29, 1.82) is 0 Å². The molecule has 4 rings (SSSR count). The number of halogens is 1. The van der Waals surface area contributed by atoms with Gasteiger partial charge in [-0.05, 0) is 77.4 Å². The molecule has 0 saturated carbocycles. The van der Waals surface area contributed by atoms with Gasteiger partial charge < -0.3 is 0 Å². The molecule has 3 aromatic carbocycles. The summed E-state index contributed by atoms with van der Waals surface area (Å²) in [6.07, 6.45) is 3.92. The molecular weight excluding hydrogens is 412 g/mol. The van der Waals surface area contributed by atoms with Crippen molar-refractivity contribution in [2.24, 2.45) is 0 Å². The van der Waals surface area contributed by atoms with Crippen molar-refractivity contribution < 1.29 is 0 Å². The van der Waals surface area contributed by atoms with E-state index in [2.05, 4.69) is 104 Å². The summed E-state index contributed by atoms with van der Waals surface area (Å²) < 4.78 is 1.13. The summed E-state index contributed by atoms with van der Waals surface area (Å²) in [5, 5.41) is 0. The van der Waals surface area contributed by atoms with E-state index >= 15 is 0 Å². The van der Waals surface area contributed by atoms with Crippen molar-refractivity contribution in [3.05, 3.63) is 105 Å². The molecule has 0 N–H and O–H groups in total. The summed E-state index contributed by atoms with van der Waals surface area (Å²) in [5.41, 5.74) is 9.20. The van der Waals surface area contributed by atoms with Gasteiger partial charge in [-0.2, -0.15) is 0 Å². The van der Waals surface area contributed by atoms with Crippen molar-refractivity contribution >= 4 is 34.6 Å². The minimum absolute atomic E-state index is 0.180. The second kappa shape index (κ2) is 7.00. The predicted molar refractivity (Wildman–Crippen MR) is 122 cm³/mol. The van der Waals surface area contributed by atoms with Crippen molar-refractivity contribution in [3.63, 3.8) is 0 Å². The van der Waals surface area contributed by atoms with Crippen LogP contribution < -0.4 is 0 Å². The monoisotopic (exact) mass is 434 g/mol. The third-order valence-electron chi connectivity index (χ3n) is 5.88. The van der Waals surface area contributed by atoms with Crippen LogP contribution in [0.3, 0.4) is 0 Å². The molecule has 0 amide bonds. The molecule has 136 valence electrons. The zero-order chi connectivity index (χ0) is 19.2. The van der Waals surface area contributed by atoms with E-state index in [1.165, 1.54) is 38.9 Å². The van der Waals surface area contributed by atoms with Crippen LogP contribution in [0.2, 0.25) is 0 Å². The molecule has 0 fully saturated rings. The summed E-state index contributed by atoms with van der Waals surface area (Å²) in [6.45, 7) is 8.57. The fraction of sp³-hybridized carbons (Fsp3) is 0.200. The molecule has 1 aliphatic rings. The van der Waals surface area contributed by atoms with Crippen LogP contribution in [0.15, 0.2) is 70.5 Å². The third-order valence-corrected chi connectivity index (χ3v) is 6.65. The van der Waals surface area contributed by atoms with Gasteiger partial charge in [0.1, 0.15) is 0 Å². The fourth-order valence-electron chi connectivity index (χ4n) is 4.70. The van der Waals surface area contributed by atoms with Gasteiger partial charge in [-0.15, -0.1) is 12.6 Å². The van der Waals surface area contributed by atoms with E-state index in [4.69, 9.17) is 0 Å². The number of hydrogen-bond donors (Lipinski definition) is 1. The Morgan fingerprint density at radius 1 is 1.00 bits per heavy atom. The Labute approximate surface area is 175 Å². The van der Waals surface area contributed by atoms with Gasteiger partial charge in [-0.25, -0.2) is 0 Å². The van der Waals surface area contributed by atoms with Crippen LogP contribution in [0.1, 0.15) is 52.3 Å². The molecule has 0 saturated heterocycles. The Morgan fingerprint density at radius 3 is 2.41 bits per heavy atom. The van der Waals surface area contributed by atoms with Gasteiger partial charge in [0, 0.05) is 14.8 Å². The van der Waals surface area contributed by atoms with E-state index in [0.717, 1.165) is 22.2 Å². The Balaban J connectivity index is 2.15. The molecule has 3 aromatic rings. The van der Waals surface area contributed by atoms with Crippen molar-refractivity contribution in [2.45, 2.75) is 37.0 Å². The minimum Gasteiger partial charge on any atom is -0.143 e. The van der Waals surface area contributed by atoms with Crippen LogP contribution in [0.4, 0.5) is 0 Å². The molecule has 1 aliphatic carbocycles. The Bertz CT molecular complexity index is 997. The molecule has 0 aliphatic heterocycles. The van der Waals surface area contributed by atoms with Gasteiger partial charge in [0.05, 0.1) is 0 Å². The molecule has 2 heteroatoms. The number of benzene rings is 3. The highest BCUT2D eigenvalue weighted by molar-refractivity contribution is 9.10. The first-order valence-electron chi connectivity index (χ1n) is 9.34. The maximum atomic E-state index is 4.61. The topological polar surface area (TPSA) is 0 Å². The lowest BCUT2D eigenvalue weighted by molar-refractivity contribution is 0.568. The maximum absolute atomic E-state index is 4.61. The van der Waals surface area contributed by atoms with Gasteiger partial charge in [-0.3, -0.25) is 0 Å². The van der Waals surface area contributed by atoms with Crippen LogP contribution in [0, 0.1) is 6.92 Å². The summed E-state index contributed by atoms with van der Waals surface area (Å²) in [7, 11) is 0. The first-order valence-corrected chi connectivity index (χ1v) is 10.6. The number of hydrogen-bond acceptors (Lipinski definition) is 1. The average Bonchev–Trinajstić information content (AvgIpc) is 2.65. The fourth-order valence-corrected chi connectivity index (χ4v) is 5.34. The Kier molecular flexibility index (Phi) is 4.82. The first-order chi connectivity index (χ1) is 13.0. The minimum atomic E-state index is -0.180. The van der Waals surface area contributed by atoms with Crippen molar-refractivity contribution in [2.75, 3.05) is 0 Å². The Morgan fingerprint density at radius 2 is 1.70 bits per heavy atom. The van der Waals surface area contributed by atoms with Crippen LogP contribution in [-0.2, 0) is 11.8 Å². The summed E-state index contributed by atoms with van der Waals surface area (Å²) in [6, 6.07) is 20.1. The highest BCUT2D eigenvalue weighted by Gasteiger charge is 2.41. The van der Waals surface area contributed by atoms with Crippen molar-refractivity contribution in [3.8, 4) is 0 Å². The van der Waals surface area contributed by atoms with Gasteiger partial charge in [0.2, 0.25) is 0 Å². The summed E-state index contributed by atoms with van der Waals surface area (Å²) in [5.74, 6) is 0. The number of aryl methyl sites for hydroxylation is 1. The number of rotatable bonds is 3. The quantitative estimate of drug-likeness (QED) is 0.409. The van der Waals surface area contributed by atoms with Gasteiger partial charge >= 0.3 is 0 Å². The summed E-state index contributed by atoms with van der Waals surface area (Å²) in [4.78, 5) is 1.02. The molecule has 1 atom stereocenters. The molecule has 0 bridgehead atoms. The molecule has 0 radical (unpaired) electrons. The molecule has 1 unspecified atom stereocenters. The van der Waals surface area contributed by atoms with Crippen LogP contribution in [0.25, 0.3) is 6.08 Å². The van der Waals surface area contributed by atoms with Crippen LogP contribution in [-0.4, -0.2) is 0 Å². The average molecular weight is 435 g/mol. The third kappa shape index (κ3) is 2.90. The zero-order valence-electron chi connectivity index (χ0n) is 15.7. The lowest BCUT2D eigenvalue weighted by atomic mass is 9.60. The lowest BCUT2D eigenvalue weighted by Crippen LogP contribution is -2.35. The predicted octanol–water partition coefficient (Wildman–Crippen LogP) is 7.34. The van der Waals surface area contributed by atoms with Gasteiger partial charge in [0.25, 0.3) is 0 Å².